The van der Waals surface area contributed by atoms with Gasteiger partial charge in [-0.3, -0.25) is 9.59 Å². The number of primary amides is 1. The summed E-state index contributed by atoms with van der Waals surface area (Å²) in [7, 11) is 6.21. The molecule has 0 unspecified atom stereocenters. The topological polar surface area (TPSA) is 92.9 Å². The van der Waals surface area contributed by atoms with Crippen molar-refractivity contribution in [1.82, 2.24) is 9.80 Å². The van der Waals surface area contributed by atoms with Crippen LogP contribution in [0.15, 0.2) is 30.3 Å². The first-order valence-corrected chi connectivity index (χ1v) is 7.12. The van der Waals surface area contributed by atoms with Crippen LogP contribution in [-0.2, 0) is 20.7 Å². The van der Waals surface area contributed by atoms with Gasteiger partial charge < -0.3 is 20.3 Å². The molecule has 0 radical (unpaired) electrons. The Balaban J connectivity index is 3.29. The summed E-state index contributed by atoms with van der Waals surface area (Å²) in [6.45, 7) is 0. The van der Waals surface area contributed by atoms with E-state index in [2.05, 4.69) is 0 Å². The Morgan fingerprint density at radius 2 is 1.61 bits per heavy atom. The smallest absolute Gasteiger partial charge is 0.405 e. The van der Waals surface area contributed by atoms with Crippen LogP contribution in [0.3, 0.4) is 0 Å². The predicted octanol–water partition coefficient (Wildman–Crippen LogP) is 0.630. The molecule has 0 bridgehead atoms. The van der Waals surface area contributed by atoms with Gasteiger partial charge in [0.1, 0.15) is 0 Å². The first-order valence-electron chi connectivity index (χ1n) is 7.12. The second-order valence-electron chi connectivity index (χ2n) is 5.74. The zero-order chi connectivity index (χ0) is 17.6. The minimum atomic E-state index is -1.67. The van der Waals surface area contributed by atoms with Gasteiger partial charge in [-0.2, -0.15) is 0 Å². The molecule has 0 saturated carbocycles. The van der Waals surface area contributed by atoms with Crippen molar-refractivity contribution in [2.24, 2.45) is 5.73 Å². The highest BCUT2D eigenvalue weighted by Gasteiger charge is 2.45. The molecule has 7 nitrogen and oxygen atoms in total. The van der Waals surface area contributed by atoms with Gasteiger partial charge in [0.15, 0.2) is 0 Å². The largest absolute Gasteiger partial charge is 0.432 e. The summed E-state index contributed by atoms with van der Waals surface area (Å²) in [6.07, 6.45) is -1.31. The van der Waals surface area contributed by atoms with E-state index in [1.54, 1.807) is 38.4 Å². The third-order valence-corrected chi connectivity index (χ3v) is 3.36. The predicted molar refractivity (Wildman–Crippen MR) is 85.6 cm³/mol. The highest BCUT2D eigenvalue weighted by Crippen LogP contribution is 2.25. The van der Waals surface area contributed by atoms with Crippen molar-refractivity contribution in [2.75, 3.05) is 28.2 Å². The highest BCUT2D eigenvalue weighted by molar-refractivity contribution is 5.93. The van der Waals surface area contributed by atoms with Crippen LogP contribution in [0.1, 0.15) is 12.0 Å². The van der Waals surface area contributed by atoms with Crippen molar-refractivity contribution in [3.63, 3.8) is 0 Å². The van der Waals surface area contributed by atoms with Gasteiger partial charge in [0.2, 0.25) is 11.5 Å². The summed E-state index contributed by atoms with van der Waals surface area (Å²) >= 11 is 0. The van der Waals surface area contributed by atoms with E-state index in [1.807, 2.05) is 6.07 Å². The fraction of sp³-hybridized carbons (Fsp3) is 0.438. The Morgan fingerprint density at radius 3 is 2.04 bits per heavy atom. The average Bonchev–Trinajstić information content (AvgIpc) is 2.46. The Labute approximate surface area is 136 Å². The minimum absolute atomic E-state index is 0.0629. The number of likely N-dealkylation sites (N-methyl/N-ethyl adjacent to an activating group) is 1. The van der Waals surface area contributed by atoms with Gasteiger partial charge in [-0.25, -0.2) is 4.79 Å². The summed E-state index contributed by atoms with van der Waals surface area (Å²) in [5, 5.41) is 0. The first kappa shape index (κ1) is 18.5. The molecule has 0 heterocycles. The number of rotatable bonds is 6. The van der Waals surface area contributed by atoms with Crippen molar-refractivity contribution in [2.45, 2.75) is 18.4 Å². The first-order chi connectivity index (χ1) is 10.7. The van der Waals surface area contributed by atoms with Gasteiger partial charge in [0, 0.05) is 34.6 Å². The number of nitrogens with zero attached hydrogens (tertiary/aromatic N) is 2. The third kappa shape index (κ3) is 4.98. The summed E-state index contributed by atoms with van der Waals surface area (Å²) < 4.78 is 5.19. The van der Waals surface area contributed by atoms with E-state index in [1.165, 1.54) is 23.9 Å². The Bertz CT molecular complexity index is 572. The van der Waals surface area contributed by atoms with Crippen LogP contribution < -0.4 is 5.73 Å². The summed E-state index contributed by atoms with van der Waals surface area (Å²) in [4.78, 5) is 38.9. The summed E-state index contributed by atoms with van der Waals surface area (Å²) in [5.41, 5.74) is 4.26. The molecule has 3 amide bonds. The van der Waals surface area contributed by atoms with Gasteiger partial charge in [-0.05, 0) is 5.56 Å². The van der Waals surface area contributed by atoms with Crippen molar-refractivity contribution in [3.05, 3.63) is 35.9 Å². The van der Waals surface area contributed by atoms with Crippen molar-refractivity contribution in [1.29, 1.82) is 0 Å². The van der Waals surface area contributed by atoms with E-state index in [0.717, 1.165) is 5.56 Å². The number of benzene rings is 1. The van der Waals surface area contributed by atoms with Crippen molar-refractivity contribution >= 4 is 17.9 Å². The summed E-state index contributed by atoms with van der Waals surface area (Å²) in [5.74, 6) is -0.826. The minimum Gasteiger partial charge on any atom is -0.432 e. The van der Waals surface area contributed by atoms with E-state index in [9.17, 15) is 14.4 Å². The fourth-order valence-electron chi connectivity index (χ4n) is 2.26. The molecule has 0 saturated heterocycles. The number of hydrogen-bond donors (Lipinski definition) is 1. The van der Waals surface area contributed by atoms with E-state index in [-0.39, 0.29) is 18.7 Å². The van der Waals surface area contributed by atoms with Crippen molar-refractivity contribution < 1.29 is 19.1 Å². The number of carbonyl (C=O) groups excluding carboxylic acids is 3. The number of ether oxygens (including phenoxy) is 1. The molecule has 126 valence electrons. The number of hydrogen-bond acceptors (Lipinski definition) is 4. The van der Waals surface area contributed by atoms with E-state index in [0.29, 0.717) is 0 Å². The van der Waals surface area contributed by atoms with Crippen LogP contribution >= 0.6 is 0 Å². The van der Waals surface area contributed by atoms with Crippen LogP contribution in [0.4, 0.5) is 4.79 Å². The van der Waals surface area contributed by atoms with Crippen LogP contribution in [0.25, 0.3) is 0 Å². The Hall–Kier alpha value is -2.57. The number of carbonyl (C=O) groups is 3. The molecule has 0 aliphatic heterocycles. The number of amides is 3. The lowest BCUT2D eigenvalue weighted by atomic mass is 9.88. The molecular formula is C16H23N3O4. The SMILES string of the molecule is CN(C)C(=O)C[C@](Cc1ccccc1)(OC(N)=O)C(=O)N(C)C. The van der Waals surface area contributed by atoms with Crippen LogP contribution in [0, 0.1) is 0 Å². The second kappa shape index (κ2) is 7.62. The van der Waals surface area contributed by atoms with Crippen LogP contribution in [0.2, 0.25) is 0 Å². The lowest BCUT2D eigenvalue weighted by Crippen LogP contribution is -2.54. The average molecular weight is 321 g/mol. The van der Waals surface area contributed by atoms with Gasteiger partial charge >= 0.3 is 6.09 Å². The zero-order valence-electron chi connectivity index (χ0n) is 13.9. The highest BCUT2D eigenvalue weighted by atomic mass is 16.6. The lowest BCUT2D eigenvalue weighted by Gasteiger charge is -2.34. The molecule has 0 aliphatic rings. The maximum Gasteiger partial charge on any atom is 0.405 e. The molecular weight excluding hydrogens is 298 g/mol. The molecule has 1 aromatic carbocycles. The maximum absolute atomic E-state index is 12.7. The third-order valence-electron chi connectivity index (χ3n) is 3.36. The maximum atomic E-state index is 12.7. The second-order valence-corrected chi connectivity index (χ2v) is 5.74. The van der Waals surface area contributed by atoms with Gasteiger partial charge in [-0.1, -0.05) is 30.3 Å². The molecule has 2 N–H and O–H groups in total. The standard InChI is InChI=1S/C16H23N3O4/c1-18(2)13(20)11-16(23-15(17)22,14(21)19(3)4)10-12-8-6-5-7-9-12/h5-9H,10-11H2,1-4H3,(H2,17,22)/t16-/m0/s1. The van der Waals surface area contributed by atoms with Crippen LogP contribution in [0.5, 0.6) is 0 Å². The molecule has 0 aliphatic carbocycles. The molecule has 7 heteroatoms. The molecule has 0 aromatic heterocycles. The van der Waals surface area contributed by atoms with Crippen molar-refractivity contribution in [3.8, 4) is 0 Å². The lowest BCUT2D eigenvalue weighted by molar-refractivity contribution is -0.154. The van der Waals surface area contributed by atoms with Gasteiger partial charge in [0.25, 0.3) is 5.91 Å². The molecule has 23 heavy (non-hydrogen) atoms. The van der Waals surface area contributed by atoms with E-state index in [4.69, 9.17) is 10.5 Å². The Kier molecular flexibility index (Phi) is 6.12. The molecule has 1 rings (SSSR count). The van der Waals surface area contributed by atoms with Crippen LogP contribution in [-0.4, -0.2) is 61.5 Å². The zero-order valence-corrected chi connectivity index (χ0v) is 13.9. The quantitative estimate of drug-likeness (QED) is 0.831. The molecule has 1 atom stereocenters. The number of nitrogens with two attached hydrogens (primary N) is 1. The Morgan fingerprint density at radius 1 is 1.04 bits per heavy atom. The normalized spacial score (nSPS) is 12.9. The van der Waals surface area contributed by atoms with E-state index < -0.39 is 17.6 Å². The van der Waals surface area contributed by atoms with Gasteiger partial charge in [0.05, 0.1) is 6.42 Å². The van der Waals surface area contributed by atoms with Gasteiger partial charge in [-0.15, -0.1) is 0 Å². The fourth-order valence-corrected chi connectivity index (χ4v) is 2.26. The monoisotopic (exact) mass is 321 g/mol. The molecule has 0 spiro atoms. The molecule has 1 aromatic rings. The van der Waals surface area contributed by atoms with E-state index >= 15 is 0 Å². The summed E-state index contributed by atoms with van der Waals surface area (Å²) in [6, 6.07) is 9.03. The molecule has 0 fully saturated rings.